The van der Waals surface area contributed by atoms with Crippen LogP contribution in [0.15, 0.2) is 0 Å². The first-order valence-corrected chi connectivity index (χ1v) is 7.76. The number of methoxy groups -OCH3 is 1. The Hall–Kier alpha value is -1.03. The molecule has 0 aromatic carbocycles. The Bertz CT molecular complexity index is 341. The minimum atomic E-state index is -2.85. The van der Waals surface area contributed by atoms with Gasteiger partial charge in [-0.2, -0.15) is 0 Å². The van der Waals surface area contributed by atoms with Gasteiger partial charge in [-0.25, -0.2) is 9.59 Å². The lowest BCUT2D eigenvalue weighted by Crippen LogP contribution is -2.43. The van der Waals surface area contributed by atoms with E-state index in [2.05, 4.69) is 10.1 Å². The molecule has 0 aliphatic heterocycles. The highest BCUT2D eigenvalue weighted by atomic mass is 31.2. The van der Waals surface area contributed by atoms with Crippen LogP contribution in [0.5, 0.6) is 0 Å². The normalized spacial score (nSPS) is 13.8. The molecule has 0 aliphatic carbocycles. The van der Waals surface area contributed by atoms with E-state index in [0.29, 0.717) is 0 Å². The summed E-state index contributed by atoms with van der Waals surface area (Å²) in [6.07, 6.45) is -0.795. The van der Waals surface area contributed by atoms with Crippen LogP contribution in [0.4, 0.5) is 4.79 Å². The minimum absolute atomic E-state index is 0.684. The van der Waals surface area contributed by atoms with Crippen molar-refractivity contribution in [3.8, 4) is 0 Å². The van der Waals surface area contributed by atoms with Crippen LogP contribution in [-0.4, -0.2) is 43.9 Å². The molecule has 0 bridgehead atoms. The summed E-state index contributed by atoms with van der Waals surface area (Å²) in [7, 11) is -1.69. The molecule has 17 heavy (non-hydrogen) atoms. The molecular formula is C10H20NO5P. The van der Waals surface area contributed by atoms with Crippen LogP contribution in [0, 0.1) is 0 Å². The second-order valence-corrected chi connectivity index (χ2v) is 8.39. The molecular weight excluding hydrogens is 245 g/mol. The lowest BCUT2D eigenvalue weighted by molar-refractivity contribution is -0.140. The van der Waals surface area contributed by atoms with Gasteiger partial charge in [0.05, 0.1) is 7.11 Å². The third kappa shape index (κ3) is 6.31. The van der Waals surface area contributed by atoms with Crippen molar-refractivity contribution in [1.82, 2.24) is 5.32 Å². The molecule has 1 amide bonds. The summed E-state index contributed by atoms with van der Waals surface area (Å²) in [6.45, 7) is 7.86. The zero-order valence-electron chi connectivity index (χ0n) is 11.1. The Kier molecular flexibility index (Phi) is 5.20. The zero-order chi connectivity index (χ0) is 13.9. The Morgan fingerprint density at radius 2 is 1.71 bits per heavy atom. The van der Waals surface area contributed by atoms with Gasteiger partial charge in [0.2, 0.25) is 0 Å². The van der Waals surface area contributed by atoms with Crippen molar-refractivity contribution in [2.45, 2.75) is 32.2 Å². The van der Waals surface area contributed by atoms with Gasteiger partial charge in [0.1, 0.15) is 12.7 Å². The quantitative estimate of drug-likeness (QED) is 0.619. The monoisotopic (exact) mass is 265 g/mol. The van der Waals surface area contributed by atoms with Gasteiger partial charge in [0.25, 0.3) is 0 Å². The Morgan fingerprint density at radius 3 is 2.00 bits per heavy atom. The van der Waals surface area contributed by atoms with Crippen LogP contribution in [0.2, 0.25) is 0 Å². The number of nitrogens with one attached hydrogen (secondary N) is 1. The van der Waals surface area contributed by atoms with E-state index in [9.17, 15) is 14.2 Å². The lowest BCUT2D eigenvalue weighted by Gasteiger charge is -2.24. The molecule has 0 aromatic heterocycles. The molecule has 0 saturated carbocycles. The zero-order valence-corrected chi connectivity index (χ0v) is 12.0. The lowest BCUT2D eigenvalue weighted by atomic mass is 10.2. The summed E-state index contributed by atoms with van der Waals surface area (Å²) >= 11 is 0. The molecule has 100 valence electrons. The van der Waals surface area contributed by atoms with E-state index in [1.165, 1.54) is 20.4 Å². The number of carbonyl (C=O) groups is 2. The van der Waals surface area contributed by atoms with E-state index < -0.39 is 30.6 Å². The van der Waals surface area contributed by atoms with E-state index in [4.69, 9.17) is 4.74 Å². The second kappa shape index (κ2) is 5.54. The highest BCUT2D eigenvalue weighted by molar-refractivity contribution is 7.64. The van der Waals surface area contributed by atoms with Crippen LogP contribution in [0.3, 0.4) is 0 Å². The first kappa shape index (κ1) is 16.0. The number of esters is 1. The molecule has 0 aromatic rings. The topological polar surface area (TPSA) is 81.7 Å². The van der Waals surface area contributed by atoms with Crippen LogP contribution in [0.1, 0.15) is 20.8 Å². The van der Waals surface area contributed by atoms with Crippen LogP contribution >= 0.6 is 7.14 Å². The second-order valence-electron chi connectivity index (χ2n) is 5.01. The third-order valence-electron chi connectivity index (χ3n) is 1.70. The average molecular weight is 265 g/mol. The largest absolute Gasteiger partial charge is 0.467 e. The van der Waals surface area contributed by atoms with E-state index >= 15 is 0 Å². The maximum absolute atomic E-state index is 11.8. The molecule has 0 heterocycles. The Labute approximate surface area is 101 Å². The molecule has 7 heteroatoms. The molecule has 1 unspecified atom stereocenters. The number of alkyl carbamates (subject to hydrolysis) is 1. The fraction of sp³-hybridized carbons (Fsp3) is 0.800. The molecule has 0 spiro atoms. The van der Waals surface area contributed by atoms with Gasteiger partial charge >= 0.3 is 12.1 Å². The number of ether oxygens (including phenoxy) is 2. The van der Waals surface area contributed by atoms with Crippen molar-refractivity contribution in [3.63, 3.8) is 0 Å². The van der Waals surface area contributed by atoms with E-state index in [1.807, 2.05) is 0 Å². The molecule has 1 atom stereocenters. The fourth-order valence-corrected chi connectivity index (χ4v) is 2.03. The van der Waals surface area contributed by atoms with Gasteiger partial charge in [-0.1, -0.05) is 0 Å². The van der Waals surface area contributed by atoms with Gasteiger partial charge < -0.3 is 19.4 Å². The SMILES string of the molecule is COC(=O)C(NC(=O)OC(C)(C)C)P(C)(C)=O. The highest BCUT2D eigenvalue weighted by Crippen LogP contribution is 2.41. The number of hydrogen-bond donors (Lipinski definition) is 1. The average Bonchev–Trinajstić information content (AvgIpc) is 2.08. The minimum Gasteiger partial charge on any atom is -0.467 e. The summed E-state index contributed by atoms with van der Waals surface area (Å²) in [4.78, 5) is 22.9. The van der Waals surface area contributed by atoms with Crippen LogP contribution in [-0.2, 0) is 18.8 Å². The smallest absolute Gasteiger partial charge is 0.408 e. The molecule has 1 N–H and O–H groups in total. The molecule has 0 fully saturated rings. The number of hydrogen-bond acceptors (Lipinski definition) is 5. The van der Waals surface area contributed by atoms with Crippen molar-refractivity contribution in [3.05, 3.63) is 0 Å². The number of rotatable bonds is 3. The molecule has 0 aliphatic rings. The summed E-state index contributed by atoms with van der Waals surface area (Å²) in [5, 5.41) is 2.27. The Morgan fingerprint density at radius 1 is 1.24 bits per heavy atom. The fourth-order valence-electron chi connectivity index (χ4n) is 0.999. The number of amides is 1. The van der Waals surface area contributed by atoms with Crippen molar-refractivity contribution < 1.29 is 23.6 Å². The standard InChI is InChI=1S/C10H20NO5P/c1-10(2,3)16-9(13)11-7(8(12)15-4)17(5,6)14/h7H,1-6H3,(H,11,13). The maximum Gasteiger partial charge on any atom is 0.408 e. The van der Waals surface area contributed by atoms with Crippen molar-refractivity contribution in [2.75, 3.05) is 20.4 Å². The first-order valence-electron chi connectivity index (χ1n) is 5.09. The molecule has 0 radical (unpaired) electrons. The van der Waals surface area contributed by atoms with Crippen molar-refractivity contribution in [2.24, 2.45) is 0 Å². The number of carbonyl (C=O) groups excluding carboxylic acids is 2. The summed E-state index contributed by atoms with van der Waals surface area (Å²) in [5.74, 6) is -1.92. The highest BCUT2D eigenvalue weighted by Gasteiger charge is 2.34. The summed E-state index contributed by atoms with van der Waals surface area (Å²) < 4.78 is 21.3. The Balaban J connectivity index is 4.74. The maximum atomic E-state index is 11.8. The molecule has 0 rings (SSSR count). The van der Waals surface area contributed by atoms with Gasteiger partial charge in [-0.05, 0) is 34.1 Å². The summed E-state index contributed by atoms with van der Waals surface area (Å²) in [5.41, 5.74) is -0.684. The van der Waals surface area contributed by atoms with E-state index in [1.54, 1.807) is 20.8 Å². The van der Waals surface area contributed by atoms with Gasteiger partial charge in [-0.3, -0.25) is 0 Å². The van der Waals surface area contributed by atoms with Crippen molar-refractivity contribution in [1.29, 1.82) is 0 Å². The van der Waals surface area contributed by atoms with E-state index in [0.717, 1.165) is 0 Å². The van der Waals surface area contributed by atoms with Crippen LogP contribution < -0.4 is 5.32 Å². The summed E-state index contributed by atoms with van der Waals surface area (Å²) in [6, 6.07) is 0. The van der Waals surface area contributed by atoms with Crippen LogP contribution in [0.25, 0.3) is 0 Å². The third-order valence-corrected chi connectivity index (χ3v) is 3.28. The molecule has 6 nitrogen and oxygen atoms in total. The predicted molar refractivity (Wildman–Crippen MR) is 64.6 cm³/mol. The van der Waals surface area contributed by atoms with Gasteiger partial charge in [0, 0.05) is 0 Å². The first-order chi connectivity index (χ1) is 7.47. The van der Waals surface area contributed by atoms with Crippen molar-refractivity contribution >= 4 is 19.2 Å². The predicted octanol–water partition coefficient (Wildman–Crippen LogP) is 1.63. The van der Waals surface area contributed by atoms with Gasteiger partial charge in [-0.15, -0.1) is 0 Å². The molecule has 0 saturated heterocycles. The van der Waals surface area contributed by atoms with Gasteiger partial charge in [0.15, 0.2) is 5.78 Å². The van der Waals surface area contributed by atoms with E-state index in [-0.39, 0.29) is 0 Å².